The molecular formula is C26H28O4. The Morgan fingerprint density at radius 3 is 1.50 bits per heavy atom. The van der Waals surface area contributed by atoms with E-state index in [4.69, 9.17) is 14.2 Å². The zero-order chi connectivity index (χ0) is 20.6. The average Bonchev–Trinajstić information content (AvgIpc) is 2.81. The van der Waals surface area contributed by atoms with Gasteiger partial charge in [-0.15, -0.1) is 0 Å². The van der Waals surface area contributed by atoms with E-state index >= 15 is 0 Å². The molecular weight excluding hydrogens is 376 g/mol. The largest absolute Gasteiger partial charge is 0.390 e. The summed E-state index contributed by atoms with van der Waals surface area (Å²) in [7, 11) is 0. The molecule has 1 saturated carbocycles. The van der Waals surface area contributed by atoms with E-state index in [1.165, 1.54) is 0 Å². The van der Waals surface area contributed by atoms with Crippen LogP contribution < -0.4 is 0 Å². The van der Waals surface area contributed by atoms with Crippen LogP contribution in [0.2, 0.25) is 0 Å². The molecule has 0 saturated heterocycles. The summed E-state index contributed by atoms with van der Waals surface area (Å²) < 4.78 is 18.1. The Morgan fingerprint density at radius 2 is 1.00 bits per heavy atom. The molecule has 0 heterocycles. The summed E-state index contributed by atoms with van der Waals surface area (Å²) in [4.78, 5) is 0. The third-order valence-electron chi connectivity index (χ3n) is 5.51. The number of benzene rings is 3. The molecule has 1 aliphatic rings. The van der Waals surface area contributed by atoms with Crippen LogP contribution >= 0.6 is 0 Å². The molecule has 156 valence electrons. The molecule has 0 unspecified atom stereocenters. The van der Waals surface area contributed by atoms with E-state index in [0.29, 0.717) is 26.4 Å². The Morgan fingerprint density at radius 1 is 0.567 bits per heavy atom. The predicted octanol–water partition coefficient (Wildman–Crippen LogP) is 4.36. The first kappa shape index (κ1) is 20.8. The van der Waals surface area contributed by atoms with Crippen molar-refractivity contribution in [1.82, 2.24) is 0 Å². The summed E-state index contributed by atoms with van der Waals surface area (Å²) >= 11 is 0. The van der Waals surface area contributed by atoms with Crippen LogP contribution in [0.3, 0.4) is 0 Å². The van der Waals surface area contributed by atoms with Gasteiger partial charge < -0.3 is 19.3 Å². The quantitative estimate of drug-likeness (QED) is 0.545. The summed E-state index contributed by atoms with van der Waals surface area (Å²) in [6, 6.07) is 30.1. The monoisotopic (exact) mass is 404 g/mol. The van der Waals surface area contributed by atoms with Crippen molar-refractivity contribution in [2.24, 2.45) is 5.92 Å². The highest BCUT2D eigenvalue weighted by Crippen LogP contribution is 2.35. The van der Waals surface area contributed by atoms with Gasteiger partial charge in [0.05, 0.1) is 38.6 Å². The van der Waals surface area contributed by atoms with Crippen molar-refractivity contribution in [1.29, 1.82) is 0 Å². The van der Waals surface area contributed by atoms with Gasteiger partial charge in [-0.3, -0.25) is 0 Å². The number of hydrogen-bond donors (Lipinski definition) is 1. The van der Waals surface area contributed by atoms with Gasteiger partial charge in [0, 0.05) is 5.92 Å². The van der Waals surface area contributed by atoms with Gasteiger partial charge in [0.1, 0.15) is 6.10 Å². The van der Waals surface area contributed by atoms with Gasteiger partial charge >= 0.3 is 0 Å². The fraction of sp³-hybridized carbons (Fsp3) is 0.308. The molecule has 1 N–H and O–H groups in total. The van der Waals surface area contributed by atoms with E-state index in [-0.39, 0.29) is 18.1 Å². The van der Waals surface area contributed by atoms with Crippen molar-refractivity contribution in [3.8, 4) is 0 Å². The van der Waals surface area contributed by atoms with Gasteiger partial charge in [-0.25, -0.2) is 0 Å². The molecule has 0 aromatic heterocycles. The average molecular weight is 405 g/mol. The molecule has 3 aromatic carbocycles. The van der Waals surface area contributed by atoms with Crippen molar-refractivity contribution < 1.29 is 19.3 Å². The van der Waals surface area contributed by atoms with Crippen molar-refractivity contribution >= 4 is 0 Å². The standard InChI is InChI=1S/C26H28O4/c27-24-23(19-28-16-20-10-4-1-5-11-20)25(29-17-21-12-6-2-7-13-21)26(24)30-18-22-14-8-3-9-15-22/h1-15,23-27H,16-19H2/t23-,24-,25+,26+/m1/s1. The molecule has 0 spiro atoms. The lowest BCUT2D eigenvalue weighted by atomic mass is 9.76. The van der Waals surface area contributed by atoms with E-state index in [9.17, 15) is 5.11 Å². The molecule has 3 aromatic rings. The number of rotatable bonds is 10. The van der Waals surface area contributed by atoms with Gasteiger partial charge in [-0.05, 0) is 16.7 Å². The lowest BCUT2D eigenvalue weighted by Gasteiger charge is -2.48. The Bertz CT molecular complexity index is 869. The van der Waals surface area contributed by atoms with Crippen LogP contribution in [0.15, 0.2) is 91.0 Å². The zero-order valence-electron chi connectivity index (χ0n) is 17.0. The maximum absolute atomic E-state index is 10.7. The first-order valence-corrected chi connectivity index (χ1v) is 10.4. The highest BCUT2D eigenvalue weighted by molar-refractivity contribution is 5.16. The second-order valence-corrected chi connectivity index (χ2v) is 7.68. The third-order valence-corrected chi connectivity index (χ3v) is 5.51. The van der Waals surface area contributed by atoms with Crippen LogP contribution in [-0.4, -0.2) is 30.0 Å². The summed E-state index contributed by atoms with van der Waals surface area (Å²) in [5, 5.41) is 10.7. The van der Waals surface area contributed by atoms with Crippen LogP contribution in [-0.2, 0) is 34.0 Å². The molecule has 0 radical (unpaired) electrons. The first-order valence-electron chi connectivity index (χ1n) is 10.4. The Hall–Kier alpha value is -2.50. The zero-order valence-corrected chi connectivity index (χ0v) is 17.0. The minimum absolute atomic E-state index is 0.113. The van der Waals surface area contributed by atoms with Crippen molar-refractivity contribution in [2.75, 3.05) is 6.61 Å². The topological polar surface area (TPSA) is 47.9 Å². The minimum Gasteiger partial charge on any atom is -0.390 e. The van der Waals surface area contributed by atoms with Gasteiger partial charge in [-0.1, -0.05) is 91.0 Å². The van der Waals surface area contributed by atoms with Crippen LogP contribution in [0.1, 0.15) is 16.7 Å². The molecule has 1 fully saturated rings. The van der Waals surface area contributed by atoms with Crippen molar-refractivity contribution in [3.05, 3.63) is 108 Å². The van der Waals surface area contributed by atoms with E-state index < -0.39 is 6.10 Å². The van der Waals surface area contributed by atoms with Gasteiger partial charge in [0.25, 0.3) is 0 Å². The number of hydrogen-bond acceptors (Lipinski definition) is 4. The normalized spacial score (nSPS) is 23.1. The Kier molecular flexibility index (Phi) is 7.27. The summed E-state index contributed by atoms with van der Waals surface area (Å²) in [5.74, 6) is -0.113. The Labute approximate surface area is 178 Å². The van der Waals surface area contributed by atoms with Gasteiger partial charge in [0.15, 0.2) is 0 Å². The van der Waals surface area contributed by atoms with E-state index in [2.05, 4.69) is 0 Å². The number of aliphatic hydroxyl groups is 1. The SMILES string of the molecule is O[C@@H]1[C@@H](COCc2ccccc2)[C@H](OCc2ccccc2)[C@H]1OCc1ccccc1. The van der Waals surface area contributed by atoms with E-state index in [1.54, 1.807) is 0 Å². The number of aliphatic hydroxyl groups excluding tert-OH is 1. The molecule has 4 nitrogen and oxygen atoms in total. The first-order chi connectivity index (χ1) is 14.8. The molecule has 4 atom stereocenters. The van der Waals surface area contributed by atoms with Crippen LogP contribution in [0.5, 0.6) is 0 Å². The van der Waals surface area contributed by atoms with Gasteiger partial charge in [-0.2, -0.15) is 0 Å². The molecule has 0 aliphatic heterocycles. The molecule has 0 bridgehead atoms. The summed E-state index contributed by atoms with van der Waals surface area (Å²) in [6.07, 6.45) is -1.18. The molecule has 4 heteroatoms. The third kappa shape index (κ3) is 5.35. The van der Waals surface area contributed by atoms with Crippen LogP contribution in [0.4, 0.5) is 0 Å². The molecule has 4 rings (SSSR count). The van der Waals surface area contributed by atoms with E-state index in [1.807, 2.05) is 91.0 Å². The fourth-order valence-electron chi connectivity index (χ4n) is 3.76. The summed E-state index contributed by atoms with van der Waals surface area (Å²) in [5.41, 5.74) is 3.30. The van der Waals surface area contributed by atoms with Crippen LogP contribution in [0, 0.1) is 5.92 Å². The summed E-state index contributed by atoms with van der Waals surface area (Å²) in [6.45, 7) is 1.88. The van der Waals surface area contributed by atoms with Crippen molar-refractivity contribution in [3.63, 3.8) is 0 Å². The van der Waals surface area contributed by atoms with Gasteiger partial charge in [0.2, 0.25) is 0 Å². The maximum Gasteiger partial charge on any atom is 0.111 e. The highest BCUT2D eigenvalue weighted by Gasteiger charge is 2.51. The van der Waals surface area contributed by atoms with E-state index in [0.717, 1.165) is 16.7 Å². The smallest absolute Gasteiger partial charge is 0.111 e. The number of ether oxygens (including phenoxy) is 3. The van der Waals surface area contributed by atoms with Crippen molar-refractivity contribution in [2.45, 2.75) is 38.1 Å². The Balaban J connectivity index is 1.35. The lowest BCUT2D eigenvalue weighted by molar-refractivity contribution is -0.250. The molecule has 30 heavy (non-hydrogen) atoms. The lowest BCUT2D eigenvalue weighted by Crippen LogP contribution is -2.63. The highest BCUT2D eigenvalue weighted by atomic mass is 16.6. The van der Waals surface area contributed by atoms with Crippen LogP contribution in [0.25, 0.3) is 0 Å². The minimum atomic E-state index is -0.606. The molecule has 1 aliphatic carbocycles. The second kappa shape index (κ2) is 10.5. The molecule has 0 amide bonds. The predicted molar refractivity (Wildman–Crippen MR) is 116 cm³/mol. The maximum atomic E-state index is 10.7. The second-order valence-electron chi connectivity index (χ2n) is 7.68. The fourth-order valence-corrected chi connectivity index (χ4v) is 3.76.